The van der Waals surface area contributed by atoms with Gasteiger partial charge < -0.3 is 30.9 Å². The predicted octanol–water partition coefficient (Wildman–Crippen LogP) is 2.39. The maximum atomic E-state index is 13.3. The van der Waals surface area contributed by atoms with Crippen molar-refractivity contribution >= 4 is 52.7 Å². The number of hydrogen-bond donors (Lipinski definition) is 4. The number of imide groups is 2. The topological polar surface area (TPSA) is 194 Å². The van der Waals surface area contributed by atoms with E-state index in [9.17, 15) is 29.1 Å². The van der Waals surface area contributed by atoms with Crippen molar-refractivity contribution in [1.29, 1.82) is 0 Å². The first-order chi connectivity index (χ1) is 26.1. The molecule has 15 nitrogen and oxygen atoms in total. The van der Waals surface area contributed by atoms with Gasteiger partial charge in [0.2, 0.25) is 17.8 Å². The van der Waals surface area contributed by atoms with Crippen LogP contribution in [0.1, 0.15) is 87.5 Å². The number of hydrogen-bond acceptors (Lipinski definition) is 12. The minimum Gasteiger partial charge on any atom is -0.391 e. The molecule has 4 fully saturated rings. The second-order valence-electron chi connectivity index (χ2n) is 15.1. The first-order valence-corrected chi connectivity index (χ1v) is 18.9. The molecule has 0 saturated carbocycles. The molecule has 54 heavy (non-hydrogen) atoms. The van der Waals surface area contributed by atoms with E-state index < -0.39 is 41.7 Å². The number of nitrogens with zero attached hydrogens (tertiary/aromatic N) is 6. The third-order valence-electron chi connectivity index (χ3n) is 11.5. The van der Waals surface area contributed by atoms with E-state index >= 15 is 0 Å². The average molecular weight is 736 g/mol. The molecule has 6 heterocycles. The lowest BCUT2D eigenvalue weighted by molar-refractivity contribution is -0.136. The highest BCUT2D eigenvalue weighted by atomic mass is 16.3. The van der Waals surface area contributed by atoms with Gasteiger partial charge in [0, 0.05) is 56.7 Å². The third-order valence-corrected chi connectivity index (χ3v) is 11.5. The molecule has 5 amide bonds. The van der Waals surface area contributed by atoms with Crippen molar-refractivity contribution in [2.24, 2.45) is 11.7 Å². The van der Waals surface area contributed by atoms with E-state index in [0.29, 0.717) is 41.3 Å². The van der Waals surface area contributed by atoms with Crippen LogP contribution in [-0.4, -0.2) is 112 Å². The summed E-state index contributed by atoms with van der Waals surface area (Å²) < 4.78 is 0. The summed E-state index contributed by atoms with van der Waals surface area (Å²) in [6.45, 7) is 5.90. The van der Waals surface area contributed by atoms with E-state index in [1.165, 1.54) is 11.8 Å². The fourth-order valence-corrected chi connectivity index (χ4v) is 8.60. The Hall–Kier alpha value is -5.41. The Kier molecular flexibility index (Phi) is 9.75. The molecular formula is C39H45N9O6. The lowest BCUT2D eigenvalue weighted by atomic mass is 9.89. The molecular weight excluding hydrogens is 690 g/mol. The Morgan fingerprint density at radius 1 is 0.889 bits per heavy atom. The molecule has 3 aromatic rings. The zero-order valence-corrected chi connectivity index (χ0v) is 30.1. The number of primary amides is 1. The Morgan fingerprint density at radius 3 is 2.41 bits per heavy atom. The van der Waals surface area contributed by atoms with Crippen molar-refractivity contribution in [3.63, 3.8) is 0 Å². The van der Waals surface area contributed by atoms with Gasteiger partial charge in [-0.3, -0.25) is 34.2 Å². The number of rotatable bonds is 9. The number of likely N-dealkylation sites (tertiary alicyclic amines) is 1. The number of benzene rings is 2. The summed E-state index contributed by atoms with van der Waals surface area (Å²) in [6.07, 6.45) is 5.96. The summed E-state index contributed by atoms with van der Waals surface area (Å²) in [5.74, 6) is -0.874. The lowest BCUT2D eigenvalue weighted by Crippen LogP contribution is -2.54. The van der Waals surface area contributed by atoms with Gasteiger partial charge in [-0.05, 0) is 99.3 Å². The SMILES string of the molecule is NC(=O)c1cnc(N2CCC[C@@H](O)C2)nc1Nc1ccc(C2CCN(CC3CCN(c4ccc5c(c4)C(=O)N(C4CCC(=O)NC4=O)C5=O)C3)CC2)cc1. The zero-order chi connectivity index (χ0) is 37.5. The van der Waals surface area contributed by atoms with E-state index in [0.717, 1.165) is 87.6 Å². The standard InChI is InChI=1S/C39H45N9O6/c40-34(51)31-19-41-39(47-14-1-2-28(49)22-47)44-35(31)42-26-5-3-24(4-6-26)25-12-15-45(16-13-25)20-23-11-17-46(21-23)27-7-8-29-30(18-27)38(54)48(37(29)53)32-9-10-33(50)43-36(32)52/h3-8,18-19,23,25,28,32,49H,1-2,9-17,20-22H2,(H2,40,51)(H,41,42,44)(H,43,50,52)/t23?,28-,32?/m1/s1. The Balaban J connectivity index is 0.835. The molecule has 0 radical (unpaired) electrons. The quantitative estimate of drug-likeness (QED) is 0.235. The summed E-state index contributed by atoms with van der Waals surface area (Å²) in [7, 11) is 0. The fourth-order valence-electron chi connectivity index (χ4n) is 8.60. The molecule has 1 aromatic heterocycles. The first-order valence-electron chi connectivity index (χ1n) is 18.9. The number of fused-ring (bicyclic) bond motifs is 1. The van der Waals surface area contributed by atoms with E-state index in [4.69, 9.17) is 5.73 Å². The molecule has 282 valence electrons. The minimum absolute atomic E-state index is 0.0913. The van der Waals surface area contributed by atoms with Crippen LogP contribution in [0.25, 0.3) is 0 Å². The number of aliphatic hydroxyl groups excluding tert-OH is 1. The summed E-state index contributed by atoms with van der Waals surface area (Å²) in [5, 5.41) is 15.6. The van der Waals surface area contributed by atoms with Gasteiger partial charge in [0.05, 0.1) is 17.2 Å². The number of carbonyl (C=O) groups is 5. The Bertz CT molecular complexity index is 1980. The van der Waals surface area contributed by atoms with Crippen molar-refractivity contribution in [3.05, 3.63) is 70.9 Å². The highest BCUT2D eigenvalue weighted by molar-refractivity contribution is 6.23. The van der Waals surface area contributed by atoms with Gasteiger partial charge in [-0.2, -0.15) is 4.98 Å². The largest absolute Gasteiger partial charge is 0.391 e. The monoisotopic (exact) mass is 735 g/mol. The highest BCUT2D eigenvalue weighted by Gasteiger charge is 2.45. The van der Waals surface area contributed by atoms with Crippen molar-refractivity contribution in [2.75, 3.05) is 60.9 Å². The molecule has 2 unspecified atom stereocenters. The molecule has 8 rings (SSSR count). The van der Waals surface area contributed by atoms with Crippen LogP contribution in [0, 0.1) is 5.92 Å². The second kappa shape index (κ2) is 14.8. The van der Waals surface area contributed by atoms with Crippen LogP contribution in [0.2, 0.25) is 0 Å². The molecule has 5 aliphatic rings. The minimum atomic E-state index is -0.973. The summed E-state index contributed by atoms with van der Waals surface area (Å²) in [4.78, 5) is 79.4. The van der Waals surface area contributed by atoms with E-state index in [2.05, 4.69) is 42.5 Å². The maximum Gasteiger partial charge on any atom is 0.262 e. The predicted molar refractivity (Wildman–Crippen MR) is 200 cm³/mol. The molecule has 3 atom stereocenters. The summed E-state index contributed by atoms with van der Waals surface area (Å²) in [6, 6.07) is 12.6. The van der Waals surface area contributed by atoms with Crippen LogP contribution < -0.4 is 26.2 Å². The summed E-state index contributed by atoms with van der Waals surface area (Å²) in [5.41, 5.74) is 9.40. The van der Waals surface area contributed by atoms with Crippen LogP contribution in [-0.2, 0) is 9.59 Å². The molecule has 15 heteroatoms. The van der Waals surface area contributed by atoms with Crippen LogP contribution in [0.3, 0.4) is 0 Å². The molecule has 5 N–H and O–H groups in total. The van der Waals surface area contributed by atoms with Gasteiger partial charge in [-0.25, -0.2) is 4.98 Å². The molecule has 4 saturated heterocycles. The Morgan fingerprint density at radius 2 is 1.67 bits per heavy atom. The van der Waals surface area contributed by atoms with Crippen LogP contribution in [0.5, 0.6) is 0 Å². The number of aliphatic hydroxyl groups is 1. The number of amides is 5. The van der Waals surface area contributed by atoms with Crippen LogP contribution in [0.4, 0.5) is 23.1 Å². The molecule has 0 spiro atoms. The summed E-state index contributed by atoms with van der Waals surface area (Å²) >= 11 is 0. The van der Waals surface area contributed by atoms with Crippen LogP contribution >= 0.6 is 0 Å². The second-order valence-corrected chi connectivity index (χ2v) is 15.1. The number of β-amino-alcohol motifs (C(OH)–C–C–N with tert-alkyl or cyclic N) is 1. The van der Waals surface area contributed by atoms with Crippen molar-refractivity contribution in [2.45, 2.75) is 63.0 Å². The number of piperidine rings is 3. The maximum absolute atomic E-state index is 13.3. The normalized spacial score (nSPS) is 23.9. The lowest BCUT2D eigenvalue weighted by Gasteiger charge is -2.34. The van der Waals surface area contributed by atoms with Crippen LogP contribution in [0.15, 0.2) is 48.7 Å². The van der Waals surface area contributed by atoms with Gasteiger partial charge in [-0.1, -0.05) is 12.1 Å². The van der Waals surface area contributed by atoms with Gasteiger partial charge in [0.1, 0.15) is 17.4 Å². The number of nitrogens with two attached hydrogens (primary N) is 1. The zero-order valence-electron chi connectivity index (χ0n) is 30.1. The number of aromatic nitrogens is 2. The van der Waals surface area contributed by atoms with Gasteiger partial charge in [0.25, 0.3) is 17.7 Å². The molecule has 0 bridgehead atoms. The smallest absolute Gasteiger partial charge is 0.262 e. The number of carbonyl (C=O) groups excluding carboxylic acids is 5. The van der Waals surface area contributed by atoms with Gasteiger partial charge in [0.15, 0.2) is 0 Å². The van der Waals surface area contributed by atoms with Gasteiger partial charge >= 0.3 is 0 Å². The van der Waals surface area contributed by atoms with E-state index in [1.54, 1.807) is 12.1 Å². The van der Waals surface area contributed by atoms with Crippen molar-refractivity contribution < 1.29 is 29.1 Å². The number of anilines is 4. The van der Waals surface area contributed by atoms with Crippen molar-refractivity contribution in [1.82, 2.24) is 25.1 Å². The number of nitrogens with one attached hydrogen (secondary N) is 2. The molecule has 2 aromatic carbocycles. The van der Waals surface area contributed by atoms with Crippen molar-refractivity contribution in [3.8, 4) is 0 Å². The highest BCUT2D eigenvalue weighted by Crippen LogP contribution is 2.34. The average Bonchev–Trinajstić information content (AvgIpc) is 3.73. The molecule has 0 aliphatic carbocycles. The first kappa shape index (κ1) is 35.6. The van der Waals surface area contributed by atoms with E-state index in [-0.39, 0.29) is 18.4 Å². The van der Waals surface area contributed by atoms with E-state index in [1.807, 2.05) is 23.1 Å². The fraction of sp³-hybridized carbons (Fsp3) is 0.462. The van der Waals surface area contributed by atoms with Gasteiger partial charge in [-0.15, -0.1) is 0 Å². The molecule has 5 aliphatic heterocycles. The Labute approximate surface area is 312 Å². The third kappa shape index (κ3) is 7.12.